The number of allylic oxidation sites excluding steroid dienone is 4. The van der Waals surface area contributed by atoms with E-state index in [1.54, 1.807) is 6.20 Å². The minimum absolute atomic E-state index is 0.269. The summed E-state index contributed by atoms with van der Waals surface area (Å²) in [5, 5.41) is 0. The molecule has 18 heavy (non-hydrogen) atoms. The molecular formula is C16H19NO. The maximum absolute atomic E-state index is 11.8. The molecule has 0 fully saturated rings. The highest BCUT2D eigenvalue weighted by Crippen LogP contribution is 2.24. The maximum Gasteiger partial charge on any atom is 0.162 e. The highest BCUT2D eigenvalue weighted by molar-refractivity contribution is 6.02. The number of ketones is 1. The van der Waals surface area contributed by atoms with Crippen molar-refractivity contribution in [1.82, 2.24) is 4.98 Å². The third-order valence-electron chi connectivity index (χ3n) is 3.21. The molecule has 0 saturated carbocycles. The van der Waals surface area contributed by atoms with E-state index in [2.05, 4.69) is 11.9 Å². The lowest BCUT2D eigenvalue weighted by Crippen LogP contribution is -2.06. The number of nitrogens with zero attached hydrogens (tertiary/aromatic N) is 1. The fraction of sp³-hybridized carbons (Fsp3) is 0.375. The summed E-state index contributed by atoms with van der Waals surface area (Å²) < 4.78 is 0. The molecule has 0 aromatic carbocycles. The number of unbranched alkanes of at least 4 members (excludes halogenated alkanes) is 2. The van der Waals surface area contributed by atoms with Crippen molar-refractivity contribution in [3.8, 4) is 0 Å². The van der Waals surface area contributed by atoms with Crippen molar-refractivity contribution in [3.63, 3.8) is 0 Å². The molecule has 94 valence electrons. The van der Waals surface area contributed by atoms with Crippen molar-refractivity contribution >= 4 is 11.4 Å². The molecule has 1 aliphatic carbocycles. The van der Waals surface area contributed by atoms with Gasteiger partial charge in [-0.3, -0.25) is 9.78 Å². The Morgan fingerprint density at radius 3 is 2.89 bits per heavy atom. The van der Waals surface area contributed by atoms with Gasteiger partial charge in [-0.1, -0.05) is 31.9 Å². The third-order valence-corrected chi connectivity index (χ3v) is 3.21. The number of hydrogen-bond donors (Lipinski definition) is 0. The van der Waals surface area contributed by atoms with E-state index in [4.69, 9.17) is 0 Å². The molecule has 1 aliphatic rings. The van der Waals surface area contributed by atoms with Crippen LogP contribution in [0.5, 0.6) is 0 Å². The molecule has 1 aromatic rings. The van der Waals surface area contributed by atoms with Crippen molar-refractivity contribution in [2.24, 2.45) is 0 Å². The zero-order chi connectivity index (χ0) is 12.8. The van der Waals surface area contributed by atoms with E-state index in [-0.39, 0.29) is 5.78 Å². The Kier molecular flexibility index (Phi) is 4.46. The first-order chi connectivity index (χ1) is 8.81. The lowest BCUT2D eigenvalue weighted by atomic mass is 9.92. The average Bonchev–Trinajstić information content (AvgIpc) is 2.42. The van der Waals surface area contributed by atoms with Crippen LogP contribution in [-0.4, -0.2) is 10.8 Å². The molecular weight excluding hydrogens is 222 g/mol. The van der Waals surface area contributed by atoms with Gasteiger partial charge in [0.2, 0.25) is 0 Å². The van der Waals surface area contributed by atoms with Crippen LogP contribution in [0.4, 0.5) is 0 Å². The molecule has 2 heteroatoms. The van der Waals surface area contributed by atoms with Crippen LogP contribution in [0.25, 0.3) is 5.57 Å². The highest BCUT2D eigenvalue weighted by atomic mass is 16.1. The van der Waals surface area contributed by atoms with Crippen molar-refractivity contribution in [2.45, 2.75) is 39.0 Å². The largest absolute Gasteiger partial charge is 0.294 e. The second-order valence-corrected chi connectivity index (χ2v) is 4.63. The SMILES string of the molecule is CCCCCC1=CC(c2ccccn2)=CCC1=O. The van der Waals surface area contributed by atoms with Gasteiger partial charge in [-0.05, 0) is 42.2 Å². The number of aromatic nitrogens is 1. The Balaban J connectivity index is 2.12. The van der Waals surface area contributed by atoms with Gasteiger partial charge in [-0.2, -0.15) is 0 Å². The number of Topliss-reactive ketones (excluding diaryl/α,β-unsaturated/α-hetero) is 1. The minimum Gasteiger partial charge on any atom is -0.294 e. The Labute approximate surface area is 108 Å². The van der Waals surface area contributed by atoms with Crippen LogP contribution in [0.3, 0.4) is 0 Å². The van der Waals surface area contributed by atoms with E-state index in [0.717, 1.165) is 29.7 Å². The Morgan fingerprint density at radius 2 is 2.17 bits per heavy atom. The number of carbonyl (C=O) groups excluding carboxylic acids is 1. The predicted molar refractivity (Wildman–Crippen MR) is 74.1 cm³/mol. The lowest BCUT2D eigenvalue weighted by molar-refractivity contribution is -0.115. The first-order valence-corrected chi connectivity index (χ1v) is 6.66. The Hall–Kier alpha value is -1.70. The molecule has 1 aromatic heterocycles. The highest BCUT2D eigenvalue weighted by Gasteiger charge is 2.15. The third kappa shape index (κ3) is 3.16. The van der Waals surface area contributed by atoms with E-state index in [1.165, 1.54) is 12.8 Å². The summed E-state index contributed by atoms with van der Waals surface area (Å²) >= 11 is 0. The van der Waals surface area contributed by atoms with E-state index in [1.807, 2.05) is 30.4 Å². The normalized spacial score (nSPS) is 15.3. The molecule has 0 spiro atoms. The summed E-state index contributed by atoms with van der Waals surface area (Å²) in [5.41, 5.74) is 3.01. The summed E-state index contributed by atoms with van der Waals surface area (Å²) in [4.78, 5) is 16.2. The molecule has 0 amide bonds. The molecule has 0 radical (unpaired) electrons. The quantitative estimate of drug-likeness (QED) is 0.731. The van der Waals surface area contributed by atoms with E-state index in [0.29, 0.717) is 6.42 Å². The van der Waals surface area contributed by atoms with Gasteiger partial charge in [0.25, 0.3) is 0 Å². The maximum atomic E-state index is 11.8. The predicted octanol–water partition coefficient (Wildman–Crippen LogP) is 3.94. The van der Waals surface area contributed by atoms with Crippen LogP contribution in [-0.2, 0) is 4.79 Å². The molecule has 0 unspecified atom stereocenters. The van der Waals surface area contributed by atoms with Gasteiger partial charge >= 0.3 is 0 Å². The van der Waals surface area contributed by atoms with Crippen LogP contribution in [0, 0.1) is 0 Å². The van der Waals surface area contributed by atoms with Gasteiger partial charge in [0.1, 0.15) is 0 Å². The smallest absolute Gasteiger partial charge is 0.162 e. The monoisotopic (exact) mass is 241 g/mol. The summed E-state index contributed by atoms with van der Waals surface area (Å²) in [6, 6.07) is 5.87. The molecule has 0 saturated heterocycles. The number of hydrogen-bond acceptors (Lipinski definition) is 2. The second kappa shape index (κ2) is 6.29. The summed E-state index contributed by atoms with van der Waals surface area (Å²) in [7, 11) is 0. The van der Waals surface area contributed by atoms with Crippen LogP contribution >= 0.6 is 0 Å². The molecule has 0 bridgehead atoms. The zero-order valence-corrected chi connectivity index (χ0v) is 10.9. The Bertz CT molecular complexity index is 471. The lowest BCUT2D eigenvalue weighted by Gasteiger charge is -2.12. The number of carbonyl (C=O) groups is 1. The topological polar surface area (TPSA) is 30.0 Å². The van der Waals surface area contributed by atoms with Crippen LogP contribution in [0.2, 0.25) is 0 Å². The fourth-order valence-corrected chi connectivity index (χ4v) is 2.15. The van der Waals surface area contributed by atoms with Gasteiger partial charge in [-0.15, -0.1) is 0 Å². The van der Waals surface area contributed by atoms with Crippen molar-refractivity contribution in [1.29, 1.82) is 0 Å². The van der Waals surface area contributed by atoms with Gasteiger partial charge in [0.05, 0.1) is 5.69 Å². The van der Waals surface area contributed by atoms with Crippen LogP contribution in [0.15, 0.2) is 42.1 Å². The minimum atomic E-state index is 0.269. The summed E-state index contributed by atoms with van der Waals surface area (Å²) in [6.45, 7) is 2.18. The first kappa shape index (κ1) is 12.7. The van der Waals surface area contributed by atoms with Gasteiger partial charge < -0.3 is 0 Å². The number of pyridine rings is 1. The van der Waals surface area contributed by atoms with E-state index in [9.17, 15) is 4.79 Å². The average molecular weight is 241 g/mol. The standard InChI is InChI=1S/C16H19NO/c1-2-3-4-7-14-12-13(9-10-16(14)18)15-8-5-6-11-17-15/h5-6,8-9,11-12H,2-4,7,10H2,1H3. The molecule has 0 aliphatic heterocycles. The fourth-order valence-electron chi connectivity index (χ4n) is 2.15. The van der Waals surface area contributed by atoms with Gasteiger partial charge in [-0.25, -0.2) is 0 Å². The molecule has 2 nitrogen and oxygen atoms in total. The van der Waals surface area contributed by atoms with Gasteiger partial charge in [0, 0.05) is 12.6 Å². The van der Waals surface area contributed by atoms with Crippen molar-refractivity contribution < 1.29 is 4.79 Å². The number of rotatable bonds is 5. The van der Waals surface area contributed by atoms with Crippen molar-refractivity contribution in [3.05, 3.63) is 47.8 Å². The first-order valence-electron chi connectivity index (χ1n) is 6.66. The molecule has 2 rings (SSSR count). The van der Waals surface area contributed by atoms with Crippen LogP contribution in [0.1, 0.15) is 44.7 Å². The van der Waals surface area contributed by atoms with Crippen molar-refractivity contribution in [2.75, 3.05) is 0 Å². The molecule has 0 atom stereocenters. The van der Waals surface area contributed by atoms with Gasteiger partial charge in [0.15, 0.2) is 5.78 Å². The zero-order valence-electron chi connectivity index (χ0n) is 10.9. The molecule has 1 heterocycles. The molecule has 0 N–H and O–H groups in total. The van der Waals surface area contributed by atoms with E-state index >= 15 is 0 Å². The van der Waals surface area contributed by atoms with E-state index < -0.39 is 0 Å². The summed E-state index contributed by atoms with van der Waals surface area (Å²) in [6.07, 6.45) is 10.7. The van der Waals surface area contributed by atoms with Crippen LogP contribution < -0.4 is 0 Å². The Morgan fingerprint density at radius 1 is 1.28 bits per heavy atom. The summed E-state index contributed by atoms with van der Waals surface area (Å²) in [5.74, 6) is 0.269. The second-order valence-electron chi connectivity index (χ2n) is 4.63.